The number of rotatable bonds is 1. The summed E-state index contributed by atoms with van der Waals surface area (Å²) in [7, 11) is -1.61. The molecule has 0 aliphatic carbocycles. The highest BCUT2D eigenvalue weighted by molar-refractivity contribution is 6.89. The first-order chi connectivity index (χ1) is 8.12. The topological polar surface area (TPSA) is 22.0 Å². The molecule has 1 aliphatic rings. The zero-order valence-electron chi connectivity index (χ0n) is 12.6. The van der Waals surface area contributed by atoms with Gasteiger partial charge in [-0.15, -0.1) is 0 Å². The Kier molecular flexibility index (Phi) is 3.09. The molecule has 3 heteroatoms. The Labute approximate surface area is 111 Å². The van der Waals surface area contributed by atoms with Crippen molar-refractivity contribution in [2.45, 2.75) is 65.2 Å². The molecular weight excluding hydrogens is 238 g/mol. The van der Waals surface area contributed by atoms with Crippen LogP contribution < -0.4 is 10.7 Å². The van der Waals surface area contributed by atoms with Crippen LogP contribution in [0.25, 0.3) is 0 Å². The molecule has 0 spiro atoms. The predicted octanol–water partition coefficient (Wildman–Crippen LogP) is 2.64. The minimum atomic E-state index is -1.61. The second kappa shape index (κ2) is 4.09. The number of pyridine rings is 1. The maximum atomic E-state index is 12.8. The summed E-state index contributed by atoms with van der Waals surface area (Å²) in [6.07, 6.45) is 2.18. The second-order valence-electron chi connectivity index (χ2n) is 7.48. The van der Waals surface area contributed by atoms with Crippen LogP contribution in [0.15, 0.2) is 10.9 Å². The third-order valence-electron chi connectivity index (χ3n) is 3.76. The van der Waals surface area contributed by atoms with Gasteiger partial charge in [-0.1, -0.05) is 40.4 Å². The Morgan fingerprint density at radius 1 is 1.22 bits per heavy atom. The molecule has 100 valence electrons. The van der Waals surface area contributed by atoms with Gasteiger partial charge in [-0.3, -0.25) is 4.79 Å². The van der Waals surface area contributed by atoms with Gasteiger partial charge in [-0.05, 0) is 29.9 Å². The number of hydrogen-bond donors (Lipinski definition) is 0. The Balaban J connectivity index is 2.81. The third kappa shape index (κ3) is 2.20. The van der Waals surface area contributed by atoms with E-state index < -0.39 is 8.07 Å². The van der Waals surface area contributed by atoms with Crippen molar-refractivity contribution in [1.82, 2.24) is 4.57 Å². The van der Waals surface area contributed by atoms with Crippen molar-refractivity contribution in [3.8, 4) is 0 Å². The first-order valence-electron chi connectivity index (χ1n) is 6.90. The van der Waals surface area contributed by atoms with E-state index in [1.807, 2.05) is 4.57 Å². The molecule has 2 heterocycles. The van der Waals surface area contributed by atoms with Gasteiger partial charge in [0.1, 0.15) is 0 Å². The van der Waals surface area contributed by atoms with E-state index in [1.165, 1.54) is 11.3 Å². The Morgan fingerprint density at radius 3 is 2.33 bits per heavy atom. The molecule has 1 aliphatic heterocycles. The van der Waals surface area contributed by atoms with Crippen LogP contribution >= 0.6 is 0 Å². The van der Waals surface area contributed by atoms with E-state index in [2.05, 4.69) is 46.5 Å². The highest BCUT2D eigenvalue weighted by Gasteiger charge is 2.31. The molecule has 0 fully saturated rings. The zero-order chi connectivity index (χ0) is 13.7. The number of nitrogens with zero attached hydrogens (tertiary/aromatic N) is 1. The van der Waals surface area contributed by atoms with Crippen molar-refractivity contribution in [3.05, 3.63) is 27.7 Å². The lowest BCUT2D eigenvalue weighted by atomic mass is 9.87. The standard InChI is InChI=1S/C15H25NOSi/c1-15(2,3)12-10-11-8-7-9-16(11)14(17)13(12)18(4,5)6/h10H,7-9H2,1-6H3. The van der Waals surface area contributed by atoms with Crippen molar-refractivity contribution < 1.29 is 0 Å². The molecule has 18 heavy (non-hydrogen) atoms. The van der Waals surface area contributed by atoms with Crippen LogP contribution in [0.3, 0.4) is 0 Å². The summed E-state index contributed by atoms with van der Waals surface area (Å²) >= 11 is 0. The minimum Gasteiger partial charge on any atom is -0.313 e. The number of hydrogen-bond acceptors (Lipinski definition) is 1. The van der Waals surface area contributed by atoms with E-state index in [-0.39, 0.29) is 5.41 Å². The zero-order valence-corrected chi connectivity index (χ0v) is 13.6. The molecule has 1 aromatic heterocycles. The highest BCUT2D eigenvalue weighted by atomic mass is 28.3. The summed E-state index contributed by atoms with van der Waals surface area (Å²) in [5, 5.41) is 1.14. The summed E-state index contributed by atoms with van der Waals surface area (Å²) < 4.78 is 2.02. The van der Waals surface area contributed by atoms with Gasteiger partial charge in [-0.2, -0.15) is 0 Å². The van der Waals surface area contributed by atoms with E-state index in [0.29, 0.717) is 5.56 Å². The minimum absolute atomic E-state index is 0.0625. The average molecular weight is 263 g/mol. The molecule has 0 saturated carbocycles. The van der Waals surface area contributed by atoms with Gasteiger partial charge in [0.25, 0.3) is 0 Å². The highest BCUT2D eigenvalue weighted by Crippen LogP contribution is 2.24. The van der Waals surface area contributed by atoms with Crippen molar-refractivity contribution >= 4 is 13.3 Å². The Hall–Kier alpha value is -0.833. The lowest BCUT2D eigenvalue weighted by molar-refractivity contribution is 0.588. The fourth-order valence-corrected chi connectivity index (χ4v) is 4.92. The molecule has 0 atom stereocenters. The van der Waals surface area contributed by atoms with Crippen LogP contribution in [0.2, 0.25) is 19.6 Å². The number of fused-ring (bicyclic) bond motifs is 1. The summed E-state index contributed by atoms with van der Waals surface area (Å²) in [4.78, 5) is 12.8. The van der Waals surface area contributed by atoms with Crippen LogP contribution in [0.1, 0.15) is 38.4 Å². The molecule has 0 aromatic carbocycles. The Bertz CT molecular complexity index is 529. The number of aromatic nitrogens is 1. The normalized spacial score (nSPS) is 15.9. The average Bonchev–Trinajstić information content (AvgIpc) is 2.61. The third-order valence-corrected chi connectivity index (χ3v) is 5.74. The summed E-state index contributed by atoms with van der Waals surface area (Å²) in [6, 6.07) is 2.31. The SMILES string of the molecule is CC(C)(C)c1cc2n(c(=O)c1[Si](C)(C)C)CCC2. The maximum absolute atomic E-state index is 12.8. The fourth-order valence-electron chi connectivity index (χ4n) is 2.88. The van der Waals surface area contributed by atoms with Crippen molar-refractivity contribution in [3.63, 3.8) is 0 Å². The lowest BCUT2D eigenvalue weighted by Crippen LogP contribution is -2.54. The molecule has 0 unspecified atom stereocenters. The van der Waals surface area contributed by atoms with Gasteiger partial charge < -0.3 is 4.57 Å². The van der Waals surface area contributed by atoms with Crippen LogP contribution in [0, 0.1) is 0 Å². The molecule has 2 nitrogen and oxygen atoms in total. The molecule has 2 rings (SSSR count). The van der Waals surface area contributed by atoms with Crippen molar-refractivity contribution in [2.75, 3.05) is 0 Å². The second-order valence-corrected chi connectivity index (χ2v) is 12.5. The van der Waals surface area contributed by atoms with E-state index in [4.69, 9.17) is 0 Å². The van der Waals surface area contributed by atoms with Gasteiger partial charge >= 0.3 is 0 Å². The maximum Gasteiger partial charge on any atom is 0.250 e. The Morgan fingerprint density at radius 2 is 1.83 bits per heavy atom. The van der Waals surface area contributed by atoms with Crippen LogP contribution in [-0.4, -0.2) is 12.6 Å². The summed E-state index contributed by atoms with van der Waals surface area (Å²) in [5.41, 5.74) is 2.90. The molecular formula is C15H25NOSi. The molecule has 0 bridgehead atoms. The first kappa shape index (κ1) is 13.6. The van der Waals surface area contributed by atoms with E-state index in [9.17, 15) is 4.79 Å². The van der Waals surface area contributed by atoms with Gasteiger partial charge in [-0.25, -0.2) is 0 Å². The largest absolute Gasteiger partial charge is 0.313 e. The van der Waals surface area contributed by atoms with Gasteiger partial charge in [0, 0.05) is 17.4 Å². The summed E-state index contributed by atoms with van der Waals surface area (Å²) in [6.45, 7) is 14.4. The van der Waals surface area contributed by atoms with E-state index in [0.717, 1.165) is 24.6 Å². The van der Waals surface area contributed by atoms with Gasteiger partial charge in [0.2, 0.25) is 5.56 Å². The van der Waals surface area contributed by atoms with Crippen LogP contribution in [-0.2, 0) is 18.4 Å². The summed E-state index contributed by atoms with van der Waals surface area (Å²) in [5.74, 6) is 0. The van der Waals surface area contributed by atoms with E-state index >= 15 is 0 Å². The molecule has 0 radical (unpaired) electrons. The van der Waals surface area contributed by atoms with Crippen molar-refractivity contribution in [1.29, 1.82) is 0 Å². The van der Waals surface area contributed by atoms with Crippen molar-refractivity contribution in [2.24, 2.45) is 0 Å². The molecule has 0 amide bonds. The van der Waals surface area contributed by atoms with Gasteiger partial charge in [0.05, 0.1) is 8.07 Å². The van der Waals surface area contributed by atoms with Gasteiger partial charge in [0.15, 0.2) is 0 Å². The first-order valence-corrected chi connectivity index (χ1v) is 10.4. The molecule has 0 N–H and O–H groups in total. The van der Waals surface area contributed by atoms with E-state index in [1.54, 1.807) is 0 Å². The predicted molar refractivity (Wildman–Crippen MR) is 80.7 cm³/mol. The quantitative estimate of drug-likeness (QED) is 0.714. The van der Waals surface area contributed by atoms with Crippen LogP contribution in [0.4, 0.5) is 0 Å². The molecule has 0 saturated heterocycles. The smallest absolute Gasteiger partial charge is 0.250 e. The fraction of sp³-hybridized carbons (Fsp3) is 0.667. The number of aryl methyl sites for hydroxylation is 1. The van der Waals surface area contributed by atoms with Crippen LogP contribution in [0.5, 0.6) is 0 Å². The molecule has 1 aromatic rings. The lowest BCUT2D eigenvalue weighted by Gasteiger charge is -2.29. The monoisotopic (exact) mass is 263 g/mol.